The Kier molecular flexibility index (Phi) is 5.07. The lowest BCUT2D eigenvalue weighted by molar-refractivity contribution is -0.591. The molecule has 0 radical (unpaired) electrons. The first-order valence-corrected chi connectivity index (χ1v) is 8.26. The minimum atomic E-state index is -0.785. The van der Waals surface area contributed by atoms with Gasteiger partial charge in [0.15, 0.2) is 18.0 Å². The lowest BCUT2D eigenvalue weighted by Gasteiger charge is -2.16. The Balaban J connectivity index is 1.92. The maximum Gasteiger partial charge on any atom is 0.307 e. The third-order valence-corrected chi connectivity index (χ3v) is 4.18. The van der Waals surface area contributed by atoms with E-state index in [2.05, 4.69) is 10.3 Å². The highest BCUT2D eigenvalue weighted by Crippen LogP contribution is 2.33. The summed E-state index contributed by atoms with van der Waals surface area (Å²) in [7, 11) is 1.54. The lowest BCUT2D eigenvalue weighted by Crippen LogP contribution is -2.32. The summed E-state index contributed by atoms with van der Waals surface area (Å²) < 4.78 is 19.9. The fraction of sp³-hybridized carbons (Fsp3) is 0.235. The van der Waals surface area contributed by atoms with Crippen LogP contribution in [0, 0.1) is 23.1 Å². The number of carbonyl (C=O) groups excluding carboxylic acids is 1. The number of carbonyl (C=O) groups is 1. The number of nitrogens with two attached hydrogens (primary N) is 1. The predicted molar refractivity (Wildman–Crippen MR) is 101 cm³/mol. The number of halogens is 1. The zero-order chi connectivity index (χ0) is 20.4. The smallest absolute Gasteiger partial charge is 0.307 e. The number of nitrogens with one attached hydrogen (secondary N) is 3. The van der Waals surface area contributed by atoms with Crippen LogP contribution in [0.25, 0.3) is 0 Å². The molecule has 1 fully saturated rings. The van der Waals surface area contributed by atoms with E-state index in [1.54, 1.807) is 12.1 Å². The second-order valence-electron chi connectivity index (χ2n) is 6.09. The van der Waals surface area contributed by atoms with Gasteiger partial charge in [0.25, 0.3) is 4.98 Å². The molecule has 1 amide bonds. The maximum atomic E-state index is 14.7. The minimum Gasteiger partial charge on any atom is -0.497 e. The highest BCUT2D eigenvalue weighted by Gasteiger charge is 2.40. The summed E-state index contributed by atoms with van der Waals surface area (Å²) in [6, 6.07) is 4.62. The molecule has 0 aliphatic carbocycles. The number of rotatable bonds is 6. The molecule has 0 bridgehead atoms. The molecule has 1 aromatic carbocycles. The van der Waals surface area contributed by atoms with E-state index < -0.39 is 11.7 Å². The van der Waals surface area contributed by atoms with Crippen LogP contribution in [0.4, 0.5) is 21.6 Å². The summed E-state index contributed by atoms with van der Waals surface area (Å²) >= 11 is 0. The first-order valence-electron chi connectivity index (χ1n) is 8.26. The fourth-order valence-electron chi connectivity index (χ4n) is 2.91. The van der Waals surface area contributed by atoms with Crippen LogP contribution in [0.15, 0.2) is 18.2 Å². The molecule has 1 saturated heterocycles. The zero-order valence-corrected chi connectivity index (χ0v) is 15.2. The fourth-order valence-corrected chi connectivity index (χ4v) is 2.91. The summed E-state index contributed by atoms with van der Waals surface area (Å²) in [6.07, 6.45) is 0.972. The number of anilines is 3. The molecule has 2 aromatic rings. The Morgan fingerprint density at radius 2 is 2.25 bits per heavy atom. The Labute approximate surface area is 159 Å². The number of benzene rings is 1. The molecular weight excluding hydrogens is 369 g/mol. The van der Waals surface area contributed by atoms with Gasteiger partial charge in [0.1, 0.15) is 11.6 Å². The van der Waals surface area contributed by atoms with Crippen LogP contribution in [0.2, 0.25) is 0 Å². The number of pyridine rings is 1. The summed E-state index contributed by atoms with van der Waals surface area (Å²) in [4.78, 5) is 27.6. The summed E-state index contributed by atoms with van der Waals surface area (Å²) in [6.45, 7) is 1.57. The molecule has 28 heavy (non-hydrogen) atoms. The van der Waals surface area contributed by atoms with Crippen molar-refractivity contribution in [1.82, 2.24) is 10.4 Å². The molecule has 5 N–H and O–H groups in total. The van der Waals surface area contributed by atoms with E-state index in [0.29, 0.717) is 17.1 Å². The summed E-state index contributed by atoms with van der Waals surface area (Å²) in [5, 5.41) is 11.5. The van der Waals surface area contributed by atoms with Gasteiger partial charge in [-0.05, 0) is 18.6 Å². The van der Waals surface area contributed by atoms with Gasteiger partial charge in [-0.25, -0.2) is 9.37 Å². The van der Waals surface area contributed by atoms with Gasteiger partial charge in [-0.3, -0.25) is 4.79 Å². The van der Waals surface area contributed by atoms with Crippen LogP contribution >= 0.6 is 0 Å². The number of nitrogens with zero attached hydrogens (tertiary/aromatic N) is 3. The molecule has 2 heterocycles. The van der Waals surface area contributed by atoms with Crippen molar-refractivity contribution >= 4 is 29.3 Å². The van der Waals surface area contributed by atoms with Gasteiger partial charge in [-0.2, -0.15) is 0 Å². The largest absolute Gasteiger partial charge is 0.497 e. The number of hydrogen-bond acceptors (Lipinski definition) is 7. The van der Waals surface area contributed by atoms with Gasteiger partial charge in [-0.1, -0.05) is 10.4 Å². The van der Waals surface area contributed by atoms with Crippen LogP contribution in [0.3, 0.4) is 0 Å². The van der Waals surface area contributed by atoms with Gasteiger partial charge < -0.3 is 21.2 Å². The molecule has 146 valence electrons. The molecular formula is C17H19FN7O3+. The third kappa shape index (κ3) is 3.54. The van der Waals surface area contributed by atoms with Gasteiger partial charge in [0, 0.05) is 36.1 Å². The Morgan fingerprint density at radius 3 is 2.86 bits per heavy atom. The Morgan fingerprint density at radius 1 is 1.50 bits per heavy atom. The predicted octanol–water partition coefficient (Wildman–Crippen LogP) is 1.27. The zero-order valence-electron chi connectivity index (χ0n) is 15.2. The van der Waals surface area contributed by atoms with Crippen molar-refractivity contribution in [2.45, 2.75) is 13.5 Å². The van der Waals surface area contributed by atoms with Crippen molar-refractivity contribution in [3.63, 3.8) is 0 Å². The number of hydrazine groups is 2. The molecule has 1 aromatic heterocycles. The molecule has 0 spiro atoms. The summed E-state index contributed by atoms with van der Waals surface area (Å²) in [5.41, 5.74) is 9.00. The topological polar surface area (TPSA) is 136 Å². The second-order valence-corrected chi connectivity index (χ2v) is 6.09. The van der Waals surface area contributed by atoms with Gasteiger partial charge >= 0.3 is 5.91 Å². The molecule has 1 aliphatic rings. The standard InChI is InChI=1S/C17H18FN7O3/c1-9-3-11(28-2)5-14(22-9)21-7-10-4-13(18)17(16(20)12(10)6-19)24-8-15(26)23-25(24)27/h3-6H,7-8H2,1-2H3,(H4-,19,20,21,22,23,26,27)/p+1. The Hall–Kier alpha value is -3.76. The number of aromatic nitrogens is 1. The molecule has 10 nitrogen and oxygen atoms in total. The molecule has 3 rings (SSSR count). The van der Waals surface area contributed by atoms with E-state index in [4.69, 9.17) is 15.9 Å². The minimum absolute atomic E-state index is 0.112. The van der Waals surface area contributed by atoms with Gasteiger partial charge in [-0.15, -0.1) is 0 Å². The van der Waals surface area contributed by atoms with Crippen molar-refractivity contribution in [3.05, 3.63) is 45.7 Å². The molecule has 0 saturated carbocycles. The quantitative estimate of drug-likeness (QED) is 0.332. The number of amides is 1. The number of ether oxygens (including phenoxy) is 1. The van der Waals surface area contributed by atoms with Crippen LogP contribution in [-0.2, 0) is 11.3 Å². The highest BCUT2D eigenvalue weighted by atomic mass is 19.1. The van der Waals surface area contributed by atoms with Crippen LogP contribution in [0.1, 0.15) is 16.8 Å². The van der Waals surface area contributed by atoms with Crippen molar-refractivity contribution in [2.24, 2.45) is 0 Å². The van der Waals surface area contributed by atoms with Crippen LogP contribution in [-0.4, -0.2) is 35.7 Å². The summed E-state index contributed by atoms with van der Waals surface area (Å²) in [5.74, 6) is -0.247. The average Bonchev–Trinajstić information content (AvgIpc) is 2.97. The van der Waals surface area contributed by atoms with E-state index in [9.17, 15) is 14.1 Å². The normalized spacial score (nSPS) is 13.5. The monoisotopic (exact) mass is 388 g/mol. The number of hydrogen-bond donors (Lipinski definition) is 4. The average molecular weight is 388 g/mol. The van der Waals surface area contributed by atoms with Crippen molar-refractivity contribution in [2.75, 3.05) is 29.7 Å². The highest BCUT2D eigenvalue weighted by molar-refractivity contribution is 5.94. The number of methoxy groups -OCH3 is 1. The lowest BCUT2D eigenvalue weighted by atomic mass is 10.0. The van der Waals surface area contributed by atoms with Gasteiger partial charge in [0.2, 0.25) is 0 Å². The second kappa shape index (κ2) is 7.47. The van der Waals surface area contributed by atoms with Crippen LogP contribution in [0.5, 0.6) is 5.75 Å². The van der Waals surface area contributed by atoms with E-state index >= 15 is 0 Å². The van der Waals surface area contributed by atoms with Crippen molar-refractivity contribution in [1.29, 1.82) is 5.41 Å². The number of nitrogen functional groups attached to an aromatic ring is 1. The molecule has 1 aliphatic heterocycles. The first kappa shape index (κ1) is 19.0. The third-order valence-electron chi connectivity index (χ3n) is 4.18. The van der Waals surface area contributed by atoms with E-state index in [1.165, 1.54) is 13.2 Å². The van der Waals surface area contributed by atoms with E-state index in [-0.39, 0.29) is 35.0 Å². The first-order chi connectivity index (χ1) is 13.3. The van der Waals surface area contributed by atoms with Crippen LogP contribution < -0.4 is 26.2 Å². The van der Waals surface area contributed by atoms with E-state index in [0.717, 1.165) is 16.9 Å². The van der Waals surface area contributed by atoms with Crippen molar-refractivity contribution in [3.8, 4) is 5.75 Å². The molecule has 0 unspecified atom stereocenters. The SMILES string of the molecule is COc1cc(C)nc(NCc2cc(F)c(N3CC(=O)N[N+]3=O)c(N)c2C=N)c1. The number of nitroso groups, excluding NO2 is 1. The maximum absolute atomic E-state index is 14.7. The van der Waals surface area contributed by atoms with Crippen molar-refractivity contribution < 1.29 is 18.9 Å². The van der Waals surface area contributed by atoms with E-state index in [1.807, 2.05) is 12.3 Å². The molecule has 11 heteroatoms. The number of aryl methyl sites for hydroxylation is 1. The van der Waals surface area contributed by atoms with Gasteiger partial charge in [0.05, 0.1) is 17.7 Å². The molecule has 0 atom stereocenters. The Bertz CT molecular complexity index is 980.